The molecule has 0 heterocycles. The van der Waals surface area contributed by atoms with E-state index in [2.05, 4.69) is 45.3 Å². The Kier molecular flexibility index (Phi) is 7.39. The van der Waals surface area contributed by atoms with E-state index in [1.54, 1.807) is 0 Å². The zero-order valence-electron chi connectivity index (χ0n) is 11.6. The minimum atomic E-state index is -0.109. The third-order valence-electron chi connectivity index (χ3n) is 3.09. The lowest BCUT2D eigenvalue weighted by Crippen LogP contribution is -2.48. The summed E-state index contributed by atoms with van der Waals surface area (Å²) in [6.07, 6.45) is 1.13. The summed E-state index contributed by atoms with van der Waals surface area (Å²) in [6.45, 7) is 13.4. The molecule has 16 heavy (non-hydrogen) atoms. The number of amides is 1. The number of hydrogen-bond acceptors (Lipinski definition) is 2. The number of carbonyl (C=O) groups excluding carboxylic acids is 1. The molecule has 2 N–H and O–H groups in total. The molecule has 0 aromatic rings. The van der Waals surface area contributed by atoms with Gasteiger partial charge in [0.15, 0.2) is 0 Å². The largest absolute Gasteiger partial charge is 0.354 e. The maximum atomic E-state index is 11.7. The molecule has 0 spiro atoms. The zero-order valence-corrected chi connectivity index (χ0v) is 11.6. The molecule has 0 rings (SSSR count). The van der Waals surface area contributed by atoms with Gasteiger partial charge in [-0.25, -0.2) is 0 Å². The van der Waals surface area contributed by atoms with Gasteiger partial charge in [-0.05, 0) is 25.7 Å². The molecule has 0 radical (unpaired) electrons. The van der Waals surface area contributed by atoms with Crippen LogP contribution in [0.4, 0.5) is 0 Å². The molecule has 3 unspecified atom stereocenters. The van der Waals surface area contributed by atoms with Crippen molar-refractivity contribution in [2.24, 2.45) is 11.8 Å². The van der Waals surface area contributed by atoms with E-state index in [4.69, 9.17) is 0 Å². The highest BCUT2D eigenvalue weighted by molar-refractivity contribution is 5.81. The predicted octanol–water partition coefficient (Wildman–Crippen LogP) is 2.17. The minimum Gasteiger partial charge on any atom is -0.354 e. The lowest BCUT2D eigenvalue weighted by Gasteiger charge is -2.24. The fourth-order valence-corrected chi connectivity index (χ4v) is 1.45. The van der Waals surface area contributed by atoms with E-state index in [9.17, 15) is 4.79 Å². The average Bonchev–Trinajstić information content (AvgIpc) is 2.24. The quantitative estimate of drug-likeness (QED) is 0.701. The fourth-order valence-electron chi connectivity index (χ4n) is 1.45. The predicted molar refractivity (Wildman–Crippen MR) is 69.4 cm³/mol. The van der Waals surface area contributed by atoms with Crippen LogP contribution in [0.1, 0.15) is 48.0 Å². The molecule has 0 bridgehead atoms. The molecule has 0 aromatic heterocycles. The van der Waals surface area contributed by atoms with Gasteiger partial charge in [0.2, 0.25) is 5.91 Å². The Bertz CT molecular complexity index is 204. The standard InChI is InChI=1S/C13H28N2O/c1-7-10(4)11(5)15-12(6)13(16)14-8-9(2)3/h9-12,15H,7-8H2,1-6H3,(H,14,16). The summed E-state index contributed by atoms with van der Waals surface area (Å²) in [4.78, 5) is 11.7. The van der Waals surface area contributed by atoms with E-state index >= 15 is 0 Å². The van der Waals surface area contributed by atoms with Gasteiger partial charge in [0.25, 0.3) is 0 Å². The molecule has 0 saturated carbocycles. The Morgan fingerprint density at radius 3 is 2.12 bits per heavy atom. The molecule has 0 aliphatic heterocycles. The van der Waals surface area contributed by atoms with Crippen molar-refractivity contribution in [3.63, 3.8) is 0 Å². The van der Waals surface area contributed by atoms with Gasteiger partial charge in [0, 0.05) is 12.6 Å². The molecule has 96 valence electrons. The van der Waals surface area contributed by atoms with Crippen molar-refractivity contribution in [3.05, 3.63) is 0 Å². The maximum Gasteiger partial charge on any atom is 0.236 e. The monoisotopic (exact) mass is 228 g/mol. The van der Waals surface area contributed by atoms with E-state index in [0.717, 1.165) is 13.0 Å². The van der Waals surface area contributed by atoms with Crippen molar-refractivity contribution in [2.75, 3.05) is 6.54 Å². The van der Waals surface area contributed by atoms with Gasteiger partial charge >= 0.3 is 0 Å². The van der Waals surface area contributed by atoms with Crippen molar-refractivity contribution < 1.29 is 4.79 Å². The first-order valence-corrected chi connectivity index (χ1v) is 6.42. The first-order valence-electron chi connectivity index (χ1n) is 6.42. The second-order valence-electron chi connectivity index (χ2n) is 5.20. The Hall–Kier alpha value is -0.570. The lowest BCUT2D eigenvalue weighted by molar-refractivity contribution is -0.123. The summed E-state index contributed by atoms with van der Waals surface area (Å²) in [5.74, 6) is 1.20. The summed E-state index contributed by atoms with van der Waals surface area (Å²) in [7, 11) is 0. The zero-order chi connectivity index (χ0) is 12.7. The Morgan fingerprint density at radius 2 is 1.69 bits per heavy atom. The van der Waals surface area contributed by atoms with Gasteiger partial charge in [-0.15, -0.1) is 0 Å². The summed E-state index contributed by atoms with van der Waals surface area (Å²) in [5.41, 5.74) is 0. The summed E-state index contributed by atoms with van der Waals surface area (Å²) < 4.78 is 0. The first kappa shape index (κ1) is 15.4. The molecule has 0 saturated heterocycles. The van der Waals surface area contributed by atoms with Crippen molar-refractivity contribution in [1.29, 1.82) is 0 Å². The molecule has 3 heteroatoms. The molecule has 0 aliphatic carbocycles. The average molecular weight is 228 g/mol. The fraction of sp³-hybridized carbons (Fsp3) is 0.923. The molecule has 0 aromatic carbocycles. The molecule has 1 amide bonds. The van der Waals surface area contributed by atoms with Gasteiger partial charge in [-0.2, -0.15) is 0 Å². The highest BCUT2D eigenvalue weighted by Gasteiger charge is 2.17. The second kappa shape index (κ2) is 7.66. The molecule has 0 aliphatic rings. The van der Waals surface area contributed by atoms with Crippen molar-refractivity contribution in [3.8, 4) is 0 Å². The van der Waals surface area contributed by atoms with E-state index in [1.165, 1.54) is 0 Å². The van der Waals surface area contributed by atoms with Crippen LogP contribution in [-0.4, -0.2) is 24.5 Å². The van der Waals surface area contributed by atoms with Crippen molar-refractivity contribution in [1.82, 2.24) is 10.6 Å². The topological polar surface area (TPSA) is 41.1 Å². The van der Waals surface area contributed by atoms with Crippen LogP contribution in [-0.2, 0) is 4.79 Å². The SMILES string of the molecule is CCC(C)C(C)NC(C)C(=O)NCC(C)C. The summed E-state index contributed by atoms with van der Waals surface area (Å²) in [6, 6.07) is 0.271. The molecule has 3 atom stereocenters. The van der Waals surface area contributed by atoms with Crippen LogP contribution in [0, 0.1) is 11.8 Å². The first-order chi connectivity index (χ1) is 7.38. The van der Waals surface area contributed by atoms with Crippen molar-refractivity contribution >= 4 is 5.91 Å². The van der Waals surface area contributed by atoms with Crippen LogP contribution in [0.2, 0.25) is 0 Å². The normalized spacial score (nSPS) is 16.9. The van der Waals surface area contributed by atoms with Gasteiger partial charge in [-0.3, -0.25) is 4.79 Å². The molecule has 3 nitrogen and oxygen atoms in total. The molecular weight excluding hydrogens is 200 g/mol. The van der Waals surface area contributed by atoms with E-state index in [-0.39, 0.29) is 11.9 Å². The highest BCUT2D eigenvalue weighted by Crippen LogP contribution is 2.07. The number of rotatable bonds is 7. The van der Waals surface area contributed by atoms with Crippen LogP contribution in [0.25, 0.3) is 0 Å². The van der Waals surface area contributed by atoms with Crippen LogP contribution in [0.3, 0.4) is 0 Å². The number of carbonyl (C=O) groups is 1. The van der Waals surface area contributed by atoms with Crippen molar-refractivity contribution in [2.45, 2.75) is 60.0 Å². The van der Waals surface area contributed by atoms with Gasteiger partial charge in [0.1, 0.15) is 0 Å². The smallest absolute Gasteiger partial charge is 0.236 e. The van der Waals surface area contributed by atoms with E-state index in [0.29, 0.717) is 17.9 Å². The maximum absolute atomic E-state index is 11.7. The summed E-state index contributed by atoms with van der Waals surface area (Å²) in [5, 5.41) is 6.28. The second-order valence-corrected chi connectivity index (χ2v) is 5.20. The summed E-state index contributed by atoms with van der Waals surface area (Å²) >= 11 is 0. The minimum absolute atomic E-state index is 0.101. The van der Waals surface area contributed by atoms with E-state index in [1.807, 2.05) is 6.92 Å². The Morgan fingerprint density at radius 1 is 1.12 bits per heavy atom. The Balaban J connectivity index is 3.95. The Labute approximate surface area is 100 Å². The van der Waals surface area contributed by atoms with Crippen LogP contribution < -0.4 is 10.6 Å². The van der Waals surface area contributed by atoms with Crippen LogP contribution in [0.15, 0.2) is 0 Å². The van der Waals surface area contributed by atoms with Crippen LogP contribution >= 0.6 is 0 Å². The van der Waals surface area contributed by atoms with Crippen LogP contribution in [0.5, 0.6) is 0 Å². The number of nitrogens with one attached hydrogen (secondary N) is 2. The van der Waals surface area contributed by atoms with Gasteiger partial charge in [0.05, 0.1) is 6.04 Å². The lowest BCUT2D eigenvalue weighted by atomic mass is 10.00. The van der Waals surface area contributed by atoms with Gasteiger partial charge in [-0.1, -0.05) is 34.1 Å². The third kappa shape index (κ3) is 6.11. The highest BCUT2D eigenvalue weighted by atomic mass is 16.2. The molecular formula is C13H28N2O. The number of hydrogen-bond donors (Lipinski definition) is 2. The molecule has 0 fully saturated rings. The van der Waals surface area contributed by atoms with E-state index < -0.39 is 0 Å². The third-order valence-corrected chi connectivity index (χ3v) is 3.09. The van der Waals surface area contributed by atoms with Gasteiger partial charge < -0.3 is 10.6 Å².